The summed E-state index contributed by atoms with van der Waals surface area (Å²) >= 11 is 12.6. The van der Waals surface area contributed by atoms with Gasteiger partial charge in [-0.05, 0) is 30.9 Å². The zero-order chi connectivity index (χ0) is 19.8. The number of nitrogens with one attached hydrogen (secondary N) is 2. The van der Waals surface area contributed by atoms with E-state index in [1.165, 1.54) is 0 Å². The number of imidazole rings is 1. The topological polar surface area (TPSA) is 71.3 Å². The number of hydrogen-bond acceptors (Lipinski definition) is 4. The Kier molecular flexibility index (Phi) is 5.17. The molecule has 0 unspecified atom stereocenters. The summed E-state index contributed by atoms with van der Waals surface area (Å²) in [4.78, 5) is 16.8. The van der Waals surface area contributed by atoms with Crippen molar-refractivity contribution < 1.29 is 4.79 Å². The molecule has 0 bridgehead atoms. The first-order chi connectivity index (χ1) is 13.4. The van der Waals surface area contributed by atoms with Crippen LogP contribution in [0.5, 0.6) is 0 Å². The maximum atomic E-state index is 12.3. The van der Waals surface area contributed by atoms with Gasteiger partial charge in [0.15, 0.2) is 10.8 Å². The molecule has 2 heterocycles. The van der Waals surface area contributed by atoms with Crippen LogP contribution in [0.3, 0.4) is 0 Å². The second kappa shape index (κ2) is 7.60. The van der Waals surface area contributed by atoms with E-state index in [4.69, 9.17) is 23.2 Å². The van der Waals surface area contributed by atoms with E-state index in [9.17, 15) is 4.79 Å². The highest BCUT2D eigenvalue weighted by Gasteiger charge is 2.25. The second-order valence-electron chi connectivity index (χ2n) is 7.48. The van der Waals surface area contributed by atoms with E-state index in [0.29, 0.717) is 27.3 Å². The molecule has 0 aliphatic heterocycles. The number of hydrogen-bond donors (Lipinski definition) is 2. The summed E-state index contributed by atoms with van der Waals surface area (Å²) in [6, 6.07) is 7.40. The molecule has 0 radical (unpaired) electrons. The third-order valence-corrected chi connectivity index (χ3v) is 5.06. The molecule has 1 aliphatic carbocycles. The van der Waals surface area contributed by atoms with Crippen molar-refractivity contribution >= 4 is 40.4 Å². The minimum atomic E-state index is -0.140. The number of amides is 1. The average Bonchev–Trinajstić information content (AvgIpc) is 3.35. The highest BCUT2D eigenvalue weighted by molar-refractivity contribution is 6.34. The van der Waals surface area contributed by atoms with Gasteiger partial charge in [-0.1, -0.05) is 43.1 Å². The normalized spacial score (nSPS) is 13.9. The molecular formula is C20H21Cl2N5O. The maximum Gasteiger partial charge on any atom is 0.253 e. The fourth-order valence-electron chi connectivity index (χ4n) is 2.93. The van der Waals surface area contributed by atoms with Gasteiger partial charge in [-0.2, -0.15) is 5.10 Å². The summed E-state index contributed by atoms with van der Waals surface area (Å²) < 4.78 is 1.70. The summed E-state index contributed by atoms with van der Waals surface area (Å²) in [5.41, 5.74) is 3.54. The minimum Gasteiger partial charge on any atom is -0.382 e. The number of halogens is 2. The van der Waals surface area contributed by atoms with Gasteiger partial charge in [-0.3, -0.25) is 4.79 Å². The molecule has 4 rings (SSSR count). The van der Waals surface area contributed by atoms with Crippen molar-refractivity contribution in [3.8, 4) is 11.3 Å². The summed E-state index contributed by atoms with van der Waals surface area (Å²) in [5, 5.41) is 11.5. The highest BCUT2D eigenvalue weighted by atomic mass is 35.5. The van der Waals surface area contributed by atoms with Crippen LogP contribution in [0.15, 0.2) is 30.5 Å². The molecule has 1 saturated carbocycles. The van der Waals surface area contributed by atoms with Crippen LogP contribution in [-0.2, 0) is 0 Å². The molecular weight excluding hydrogens is 397 g/mol. The molecule has 146 valence electrons. The van der Waals surface area contributed by atoms with E-state index in [-0.39, 0.29) is 11.9 Å². The lowest BCUT2D eigenvalue weighted by Crippen LogP contribution is -2.25. The van der Waals surface area contributed by atoms with Crippen molar-refractivity contribution in [2.75, 3.05) is 11.9 Å². The molecule has 2 aromatic heterocycles. The van der Waals surface area contributed by atoms with Crippen molar-refractivity contribution in [1.29, 1.82) is 0 Å². The molecule has 8 heteroatoms. The van der Waals surface area contributed by atoms with Gasteiger partial charge in [-0.25, -0.2) is 9.50 Å². The van der Waals surface area contributed by atoms with Crippen molar-refractivity contribution in [3.05, 3.63) is 46.2 Å². The number of anilines is 1. The molecule has 0 spiro atoms. The first kappa shape index (κ1) is 19.0. The third kappa shape index (κ3) is 3.93. The lowest BCUT2D eigenvalue weighted by molar-refractivity contribution is 0.0951. The van der Waals surface area contributed by atoms with E-state index in [1.54, 1.807) is 28.9 Å². The van der Waals surface area contributed by atoms with E-state index in [2.05, 4.69) is 34.6 Å². The Morgan fingerprint density at radius 1 is 1.29 bits per heavy atom. The standard InChI is InChI=1S/C20H21Cl2N5O/c1-11(2)9-23-16-8-18(22)26-27-17(10-24-19(16)27)12-3-6-14(15(21)7-12)20(28)25-13-4-5-13/h3,6-8,10-11,13,23H,4-5,9H2,1-2H3,(H,25,28). The molecule has 1 amide bonds. The number of benzene rings is 1. The number of carbonyl (C=O) groups is 1. The van der Waals surface area contributed by atoms with Crippen LogP contribution in [0.1, 0.15) is 37.0 Å². The summed E-state index contributed by atoms with van der Waals surface area (Å²) in [6.45, 7) is 5.06. The Hall–Kier alpha value is -2.31. The molecule has 1 aliphatic rings. The number of fused-ring (bicyclic) bond motifs is 1. The monoisotopic (exact) mass is 417 g/mol. The molecule has 1 fully saturated rings. The Morgan fingerprint density at radius 2 is 2.07 bits per heavy atom. The van der Waals surface area contributed by atoms with Crippen LogP contribution in [0.4, 0.5) is 5.69 Å². The quantitative estimate of drug-likeness (QED) is 0.611. The Morgan fingerprint density at radius 3 is 2.75 bits per heavy atom. The van der Waals surface area contributed by atoms with Crippen molar-refractivity contribution in [3.63, 3.8) is 0 Å². The number of carbonyl (C=O) groups excluding carboxylic acids is 1. The predicted octanol–water partition coefficient (Wildman–Crippen LogP) is 4.66. The average molecular weight is 418 g/mol. The van der Waals surface area contributed by atoms with Gasteiger partial charge < -0.3 is 10.6 Å². The van der Waals surface area contributed by atoms with Crippen LogP contribution >= 0.6 is 23.2 Å². The number of nitrogens with zero attached hydrogens (tertiary/aromatic N) is 3. The molecule has 0 atom stereocenters. The molecule has 6 nitrogen and oxygen atoms in total. The van der Waals surface area contributed by atoms with Crippen LogP contribution in [-0.4, -0.2) is 33.1 Å². The molecule has 3 aromatic rings. The van der Waals surface area contributed by atoms with Crippen LogP contribution in [0.2, 0.25) is 10.2 Å². The minimum absolute atomic E-state index is 0.140. The van der Waals surface area contributed by atoms with E-state index in [0.717, 1.165) is 36.3 Å². The Labute approximate surface area is 173 Å². The van der Waals surface area contributed by atoms with Crippen molar-refractivity contribution in [2.24, 2.45) is 5.92 Å². The van der Waals surface area contributed by atoms with Crippen molar-refractivity contribution in [2.45, 2.75) is 32.7 Å². The first-order valence-corrected chi connectivity index (χ1v) is 10.1. The van der Waals surface area contributed by atoms with Crippen LogP contribution in [0, 0.1) is 5.92 Å². The number of aromatic nitrogens is 3. The summed E-state index contributed by atoms with van der Waals surface area (Å²) in [6.07, 6.45) is 3.79. The van der Waals surface area contributed by atoms with E-state index >= 15 is 0 Å². The molecule has 2 N–H and O–H groups in total. The molecule has 28 heavy (non-hydrogen) atoms. The van der Waals surface area contributed by atoms with Gasteiger partial charge in [0.1, 0.15) is 0 Å². The van der Waals surface area contributed by atoms with Gasteiger partial charge >= 0.3 is 0 Å². The van der Waals surface area contributed by atoms with Crippen molar-refractivity contribution in [1.82, 2.24) is 19.9 Å². The molecule has 1 aromatic carbocycles. The Balaban J connectivity index is 1.69. The predicted molar refractivity (Wildman–Crippen MR) is 112 cm³/mol. The lowest BCUT2D eigenvalue weighted by atomic mass is 10.1. The fraction of sp³-hybridized carbons (Fsp3) is 0.350. The zero-order valence-corrected chi connectivity index (χ0v) is 17.2. The first-order valence-electron chi connectivity index (χ1n) is 9.31. The smallest absolute Gasteiger partial charge is 0.253 e. The summed E-state index contributed by atoms with van der Waals surface area (Å²) in [7, 11) is 0. The number of rotatable bonds is 6. The van der Waals surface area contributed by atoms with Gasteiger partial charge in [0.05, 0.1) is 28.2 Å². The molecule has 0 saturated heterocycles. The van der Waals surface area contributed by atoms with E-state index in [1.807, 2.05) is 6.07 Å². The largest absolute Gasteiger partial charge is 0.382 e. The zero-order valence-electron chi connectivity index (χ0n) is 15.7. The van der Waals surface area contributed by atoms with E-state index < -0.39 is 0 Å². The van der Waals surface area contributed by atoms with Crippen LogP contribution < -0.4 is 10.6 Å². The van der Waals surface area contributed by atoms with Gasteiger partial charge in [-0.15, -0.1) is 0 Å². The highest BCUT2D eigenvalue weighted by Crippen LogP contribution is 2.29. The van der Waals surface area contributed by atoms with Gasteiger partial charge in [0.2, 0.25) is 0 Å². The Bertz CT molecular complexity index is 1040. The third-order valence-electron chi connectivity index (χ3n) is 4.56. The SMILES string of the molecule is CC(C)CNc1cc(Cl)nn2c(-c3ccc(C(=O)NC4CC4)c(Cl)c3)cnc12. The van der Waals surface area contributed by atoms with Crippen LogP contribution in [0.25, 0.3) is 16.9 Å². The van der Waals surface area contributed by atoms with Gasteiger partial charge in [0.25, 0.3) is 5.91 Å². The maximum absolute atomic E-state index is 12.3. The lowest BCUT2D eigenvalue weighted by Gasteiger charge is -2.11. The fourth-order valence-corrected chi connectivity index (χ4v) is 3.38. The van der Waals surface area contributed by atoms with Gasteiger partial charge in [0, 0.05) is 24.2 Å². The summed E-state index contributed by atoms with van der Waals surface area (Å²) in [5.74, 6) is 0.341. The second-order valence-corrected chi connectivity index (χ2v) is 8.27.